The molecule has 1 unspecified atom stereocenters. The molecule has 2 amide bonds. The van der Waals surface area contributed by atoms with Gasteiger partial charge in [-0.3, -0.25) is 0 Å². The lowest BCUT2D eigenvalue weighted by Crippen LogP contribution is -2.38. The molecule has 3 rings (SSSR count). The zero-order valence-electron chi connectivity index (χ0n) is 16.7. The second-order valence-corrected chi connectivity index (χ2v) is 7.88. The average molecular weight is 449 g/mol. The maximum atomic E-state index is 13.2. The third-order valence-electron chi connectivity index (χ3n) is 4.76. The minimum absolute atomic E-state index is 0.0715. The Kier molecular flexibility index (Phi) is 7.25. The highest BCUT2D eigenvalue weighted by Crippen LogP contribution is 2.25. The molecule has 1 N–H and O–H groups in total. The van der Waals surface area contributed by atoms with Crippen molar-refractivity contribution < 1.29 is 4.79 Å². The molecule has 3 aromatic carbocycles. The zero-order valence-corrected chi connectivity index (χ0v) is 18.3. The second-order valence-electron chi connectivity index (χ2n) is 7.03. The lowest BCUT2D eigenvalue weighted by molar-refractivity contribution is 0.199. The van der Waals surface area contributed by atoms with Crippen LogP contribution in [0.5, 0.6) is 0 Å². The van der Waals surface area contributed by atoms with Gasteiger partial charge in [0.25, 0.3) is 0 Å². The average Bonchev–Trinajstić information content (AvgIpc) is 2.74. The number of amides is 2. The number of carbonyl (C=O) groups excluding carboxylic acids is 1. The zero-order chi connectivity index (χ0) is 20.6. The molecule has 0 saturated carbocycles. The van der Waals surface area contributed by atoms with Crippen LogP contribution in [0, 0.1) is 0 Å². The van der Waals surface area contributed by atoms with Crippen molar-refractivity contribution in [2.45, 2.75) is 19.9 Å². The van der Waals surface area contributed by atoms with Crippen LogP contribution in [0.3, 0.4) is 0 Å². The first-order valence-electron chi connectivity index (χ1n) is 9.64. The molecule has 0 aliphatic carbocycles. The fourth-order valence-corrected chi connectivity index (χ4v) is 3.58. The molecule has 1 atom stereocenters. The number of hydrogen-bond donors (Lipinski definition) is 1. The number of rotatable bonds is 6. The van der Waals surface area contributed by atoms with Gasteiger partial charge in [0, 0.05) is 11.0 Å². The molecule has 3 nitrogen and oxygen atoms in total. The van der Waals surface area contributed by atoms with Crippen molar-refractivity contribution in [1.82, 2.24) is 4.90 Å². The van der Waals surface area contributed by atoms with Gasteiger partial charge in [0.2, 0.25) is 0 Å². The molecule has 0 aliphatic heterocycles. The van der Waals surface area contributed by atoms with Crippen molar-refractivity contribution in [2.75, 3.05) is 11.9 Å². The van der Waals surface area contributed by atoms with E-state index in [1.165, 1.54) is 0 Å². The topological polar surface area (TPSA) is 32.3 Å². The highest BCUT2D eigenvalue weighted by Gasteiger charge is 2.22. The minimum atomic E-state index is -0.130. The van der Waals surface area contributed by atoms with Gasteiger partial charge in [-0.15, -0.1) is 0 Å². The molecular weight excluding hydrogens is 424 g/mol. The van der Waals surface area contributed by atoms with E-state index in [2.05, 4.69) is 65.4 Å². The summed E-state index contributed by atoms with van der Waals surface area (Å²) in [6.07, 6.45) is 2.12. The molecule has 0 saturated heterocycles. The molecule has 29 heavy (non-hydrogen) atoms. The number of urea groups is 1. The summed E-state index contributed by atoms with van der Waals surface area (Å²) in [7, 11) is 0. The van der Waals surface area contributed by atoms with Crippen LogP contribution in [0.25, 0.3) is 6.08 Å². The van der Waals surface area contributed by atoms with Gasteiger partial charge in [0.05, 0.1) is 11.7 Å². The number of nitrogens with zero attached hydrogens (tertiary/aromatic N) is 1. The second kappa shape index (κ2) is 10.1. The summed E-state index contributed by atoms with van der Waals surface area (Å²) in [6, 6.07) is 27.7. The van der Waals surface area contributed by atoms with Crippen molar-refractivity contribution in [1.29, 1.82) is 0 Å². The van der Waals surface area contributed by atoms with E-state index in [9.17, 15) is 4.79 Å². The molecule has 0 spiro atoms. The van der Waals surface area contributed by atoms with Crippen LogP contribution in [0.2, 0.25) is 0 Å². The molecule has 0 aliphatic rings. The lowest BCUT2D eigenvalue weighted by Gasteiger charge is -2.30. The van der Waals surface area contributed by atoms with Crippen LogP contribution in [0.1, 0.15) is 31.0 Å². The van der Waals surface area contributed by atoms with E-state index in [4.69, 9.17) is 0 Å². The first-order valence-corrected chi connectivity index (χ1v) is 10.4. The van der Waals surface area contributed by atoms with Gasteiger partial charge < -0.3 is 10.2 Å². The van der Waals surface area contributed by atoms with E-state index in [0.29, 0.717) is 6.54 Å². The van der Waals surface area contributed by atoms with E-state index in [1.807, 2.05) is 65.6 Å². The van der Waals surface area contributed by atoms with Crippen LogP contribution in [0.4, 0.5) is 10.5 Å². The molecule has 0 fully saturated rings. The number of para-hydroxylation sites is 1. The van der Waals surface area contributed by atoms with Gasteiger partial charge in [-0.25, -0.2) is 4.79 Å². The van der Waals surface area contributed by atoms with Crippen LogP contribution >= 0.6 is 15.9 Å². The van der Waals surface area contributed by atoms with Gasteiger partial charge in [-0.05, 0) is 53.0 Å². The summed E-state index contributed by atoms with van der Waals surface area (Å²) >= 11 is 3.51. The Morgan fingerprint density at radius 3 is 2.21 bits per heavy atom. The number of anilines is 1. The summed E-state index contributed by atoms with van der Waals surface area (Å²) in [5, 5.41) is 3.04. The van der Waals surface area contributed by atoms with Gasteiger partial charge in [-0.1, -0.05) is 84.4 Å². The highest BCUT2D eigenvalue weighted by molar-refractivity contribution is 9.10. The third-order valence-corrected chi connectivity index (χ3v) is 5.45. The maximum Gasteiger partial charge on any atom is 0.322 e. The van der Waals surface area contributed by atoms with Crippen molar-refractivity contribution in [2.24, 2.45) is 0 Å². The molecule has 0 bridgehead atoms. The fourth-order valence-electron chi connectivity index (χ4n) is 3.19. The van der Waals surface area contributed by atoms with E-state index in [0.717, 1.165) is 26.9 Å². The Bertz CT molecular complexity index is 970. The number of carbonyl (C=O) groups is 1. The third kappa shape index (κ3) is 5.81. The van der Waals surface area contributed by atoms with Crippen LogP contribution < -0.4 is 5.32 Å². The van der Waals surface area contributed by atoms with Gasteiger partial charge >= 0.3 is 6.03 Å². The fraction of sp³-hybridized carbons (Fsp3) is 0.160. The van der Waals surface area contributed by atoms with Crippen molar-refractivity contribution in [3.63, 3.8) is 0 Å². The highest BCUT2D eigenvalue weighted by atomic mass is 79.9. The maximum absolute atomic E-state index is 13.2. The standard InChI is InChI=1S/C25H25BrN2O/c1-19(17-21-11-5-3-6-12-21)18-28(20(2)22-13-7-4-8-14-22)25(29)27-24-16-10-9-15-23(24)26/h3-17,20H,18H2,1-2H3,(H,27,29)/b19-17+. The van der Waals surface area contributed by atoms with E-state index in [-0.39, 0.29) is 12.1 Å². The van der Waals surface area contributed by atoms with Crippen molar-refractivity contribution in [3.05, 3.63) is 106 Å². The summed E-state index contributed by atoms with van der Waals surface area (Å²) in [5.41, 5.74) is 4.10. The van der Waals surface area contributed by atoms with Crippen molar-refractivity contribution in [3.8, 4) is 0 Å². The number of hydrogen-bond acceptors (Lipinski definition) is 1. The molecule has 0 radical (unpaired) electrons. The Balaban J connectivity index is 1.86. The Morgan fingerprint density at radius 1 is 0.966 bits per heavy atom. The smallest absolute Gasteiger partial charge is 0.314 e. The largest absolute Gasteiger partial charge is 0.322 e. The van der Waals surface area contributed by atoms with Crippen molar-refractivity contribution >= 4 is 33.7 Å². The van der Waals surface area contributed by atoms with E-state index >= 15 is 0 Å². The van der Waals surface area contributed by atoms with Crippen LogP contribution in [-0.2, 0) is 0 Å². The minimum Gasteiger partial charge on any atom is -0.314 e. The predicted molar refractivity (Wildman–Crippen MR) is 125 cm³/mol. The summed E-state index contributed by atoms with van der Waals surface area (Å²) in [5.74, 6) is 0. The van der Waals surface area contributed by atoms with Crippen LogP contribution in [-0.4, -0.2) is 17.5 Å². The molecular formula is C25H25BrN2O. The molecule has 0 aromatic heterocycles. The molecule has 148 valence electrons. The number of nitrogens with one attached hydrogen (secondary N) is 1. The normalized spacial score (nSPS) is 12.3. The summed E-state index contributed by atoms with van der Waals surface area (Å²) in [6.45, 7) is 4.65. The predicted octanol–water partition coefficient (Wildman–Crippen LogP) is 7.15. The van der Waals surface area contributed by atoms with Crippen LogP contribution in [0.15, 0.2) is 95.0 Å². The van der Waals surface area contributed by atoms with E-state index < -0.39 is 0 Å². The van der Waals surface area contributed by atoms with E-state index in [1.54, 1.807) is 0 Å². The van der Waals surface area contributed by atoms with Gasteiger partial charge in [0.1, 0.15) is 0 Å². The molecule has 0 heterocycles. The summed E-state index contributed by atoms with van der Waals surface area (Å²) in [4.78, 5) is 15.1. The molecule has 4 heteroatoms. The number of halogens is 1. The Labute approximate surface area is 181 Å². The Morgan fingerprint density at radius 2 is 1.55 bits per heavy atom. The summed E-state index contributed by atoms with van der Waals surface area (Å²) < 4.78 is 0.859. The first-order chi connectivity index (χ1) is 14.0. The monoisotopic (exact) mass is 448 g/mol. The van der Waals surface area contributed by atoms with Gasteiger partial charge in [0.15, 0.2) is 0 Å². The quantitative estimate of drug-likeness (QED) is 0.426. The molecule has 3 aromatic rings. The SMILES string of the molecule is C/C(=C\c1ccccc1)CN(C(=O)Nc1ccccc1Br)C(C)c1ccccc1. The lowest BCUT2D eigenvalue weighted by atomic mass is 10.1. The Hall–Kier alpha value is -2.85. The number of benzene rings is 3. The first kappa shape index (κ1) is 20.9. The van der Waals surface area contributed by atoms with Gasteiger partial charge in [-0.2, -0.15) is 0 Å².